The summed E-state index contributed by atoms with van der Waals surface area (Å²) in [7, 11) is 0. The number of nitrogens with zero attached hydrogens (tertiary/aromatic N) is 4. The van der Waals surface area contributed by atoms with Gasteiger partial charge in [0.2, 0.25) is 0 Å². The van der Waals surface area contributed by atoms with Crippen LogP contribution in [0.5, 0.6) is 0 Å². The zero-order valence-corrected chi connectivity index (χ0v) is 12.7. The van der Waals surface area contributed by atoms with Crippen LogP contribution in [0.2, 0.25) is 0 Å². The Morgan fingerprint density at radius 2 is 2.29 bits per heavy atom. The number of aromatic nitrogens is 3. The molecule has 5 nitrogen and oxygen atoms in total. The van der Waals surface area contributed by atoms with Gasteiger partial charge in [-0.15, -0.1) is 0 Å². The van der Waals surface area contributed by atoms with Crippen molar-refractivity contribution in [3.8, 4) is 0 Å². The third-order valence-corrected chi connectivity index (χ3v) is 4.07. The Kier molecular flexibility index (Phi) is 4.31. The van der Waals surface area contributed by atoms with E-state index in [1.54, 1.807) is 0 Å². The van der Waals surface area contributed by atoms with Crippen LogP contribution in [-0.2, 0) is 6.54 Å². The van der Waals surface area contributed by atoms with Gasteiger partial charge >= 0.3 is 0 Å². The molecule has 5 heteroatoms. The van der Waals surface area contributed by atoms with E-state index in [9.17, 15) is 0 Å². The predicted molar refractivity (Wildman–Crippen MR) is 82.9 cm³/mol. The molecule has 0 aliphatic carbocycles. The molecule has 0 spiro atoms. The van der Waals surface area contributed by atoms with Gasteiger partial charge in [0.25, 0.3) is 0 Å². The van der Waals surface area contributed by atoms with E-state index in [2.05, 4.69) is 50.9 Å². The first-order chi connectivity index (χ1) is 10.3. The number of hydrogen-bond donors (Lipinski definition) is 1. The lowest BCUT2D eigenvalue weighted by molar-refractivity contribution is 0.147. The fraction of sp³-hybridized carbons (Fsp3) is 0.500. The Bertz CT molecular complexity index is 563. The molecule has 1 N–H and O–H groups in total. The number of nitrogens with one attached hydrogen (secondary N) is 1. The fourth-order valence-electron chi connectivity index (χ4n) is 2.96. The van der Waals surface area contributed by atoms with Crippen molar-refractivity contribution in [2.75, 3.05) is 19.6 Å². The van der Waals surface area contributed by atoms with E-state index < -0.39 is 0 Å². The van der Waals surface area contributed by atoms with E-state index in [4.69, 9.17) is 0 Å². The maximum atomic E-state index is 4.54. The van der Waals surface area contributed by atoms with Crippen LogP contribution in [0.25, 0.3) is 0 Å². The highest BCUT2D eigenvalue weighted by atomic mass is 15.2. The molecule has 0 saturated carbocycles. The Balaban J connectivity index is 1.80. The summed E-state index contributed by atoms with van der Waals surface area (Å²) in [6.07, 6.45) is 7.77. The van der Waals surface area contributed by atoms with Crippen molar-refractivity contribution in [3.63, 3.8) is 0 Å². The van der Waals surface area contributed by atoms with Gasteiger partial charge in [-0.05, 0) is 25.5 Å². The maximum Gasteiger partial charge on any atom is 0.123 e. The summed E-state index contributed by atoms with van der Waals surface area (Å²) in [5, 5.41) is 3.48. The monoisotopic (exact) mass is 285 g/mol. The predicted octanol–water partition coefficient (Wildman–Crippen LogP) is 2.01. The highest BCUT2D eigenvalue weighted by Crippen LogP contribution is 2.23. The van der Waals surface area contributed by atoms with Crippen LogP contribution in [0.3, 0.4) is 0 Å². The third-order valence-electron chi connectivity index (χ3n) is 4.07. The van der Waals surface area contributed by atoms with Gasteiger partial charge in [-0.2, -0.15) is 0 Å². The molecule has 112 valence electrons. The van der Waals surface area contributed by atoms with Crippen LogP contribution < -0.4 is 5.32 Å². The average molecular weight is 285 g/mol. The number of piperazine rings is 1. The van der Waals surface area contributed by atoms with E-state index in [1.807, 2.05) is 24.7 Å². The molecule has 0 aromatic carbocycles. The molecule has 0 radical (unpaired) electrons. The van der Waals surface area contributed by atoms with Crippen LogP contribution in [0.4, 0.5) is 0 Å². The van der Waals surface area contributed by atoms with Crippen LogP contribution in [-0.4, -0.2) is 39.1 Å². The number of pyridine rings is 1. The van der Waals surface area contributed by atoms with Crippen LogP contribution in [0, 0.1) is 0 Å². The van der Waals surface area contributed by atoms with Crippen molar-refractivity contribution >= 4 is 0 Å². The molecule has 3 rings (SSSR count). The minimum atomic E-state index is 0.366. The van der Waals surface area contributed by atoms with E-state index in [0.717, 1.165) is 32.0 Å². The van der Waals surface area contributed by atoms with Crippen LogP contribution in [0.1, 0.15) is 37.3 Å². The first-order valence-electron chi connectivity index (χ1n) is 7.62. The minimum Gasteiger partial charge on any atom is -0.331 e. The standard InChI is InChI=1S/C16H23N5/c1-13(2)21-9-7-19-16(21)12-20-8-6-18-11-15(20)14-4-3-5-17-10-14/h3-5,7,9-10,13,15,18H,6,8,11-12H2,1-2H3. The lowest BCUT2D eigenvalue weighted by Crippen LogP contribution is -2.45. The van der Waals surface area contributed by atoms with Crippen molar-refractivity contribution in [2.24, 2.45) is 0 Å². The molecule has 1 saturated heterocycles. The van der Waals surface area contributed by atoms with Crippen molar-refractivity contribution in [2.45, 2.75) is 32.5 Å². The van der Waals surface area contributed by atoms with Gasteiger partial charge in [0.05, 0.1) is 6.54 Å². The quantitative estimate of drug-likeness (QED) is 0.933. The lowest BCUT2D eigenvalue weighted by Gasteiger charge is -2.36. The summed E-state index contributed by atoms with van der Waals surface area (Å²) in [6.45, 7) is 8.30. The van der Waals surface area contributed by atoms with Gasteiger partial charge in [0.15, 0.2) is 0 Å². The summed E-state index contributed by atoms with van der Waals surface area (Å²) in [4.78, 5) is 11.3. The molecule has 1 fully saturated rings. The summed E-state index contributed by atoms with van der Waals surface area (Å²) in [6, 6.07) is 4.98. The Labute approximate surface area is 126 Å². The first kappa shape index (κ1) is 14.2. The van der Waals surface area contributed by atoms with E-state index in [1.165, 1.54) is 5.56 Å². The third kappa shape index (κ3) is 3.14. The zero-order chi connectivity index (χ0) is 14.7. The van der Waals surface area contributed by atoms with Gasteiger partial charge in [-0.3, -0.25) is 9.88 Å². The van der Waals surface area contributed by atoms with Gasteiger partial charge < -0.3 is 9.88 Å². The van der Waals surface area contributed by atoms with E-state index in [-0.39, 0.29) is 0 Å². The molecule has 3 heterocycles. The minimum absolute atomic E-state index is 0.366. The molecule has 2 aromatic rings. The Hall–Kier alpha value is -1.72. The molecule has 0 bridgehead atoms. The smallest absolute Gasteiger partial charge is 0.123 e. The first-order valence-corrected chi connectivity index (χ1v) is 7.62. The second kappa shape index (κ2) is 6.37. The molecule has 21 heavy (non-hydrogen) atoms. The largest absolute Gasteiger partial charge is 0.331 e. The second-order valence-electron chi connectivity index (χ2n) is 5.82. The molecule has 0 amide bonds. The SMILES string of the molecule is CC(C)n1ccnc1CN1CCNCC1c1cccnc1. The molecule has 1 aliphatic heterocycles. The number of imidazole rings is 1. The number of hydrogen-bond acceptors (Lipinski definition) is 4. The molecule has 1 atom stereocenters. The van der Waals surface area contributed by atoms with E-state index >= 15 is 0 Å². The zero-order valence-electron chi connectivity index (χ0n) is 12.7. The van der Waals surface area contributed by atoms with Crippen molar-refractivity contribution in [1.29, 1.82) is 0 Å². The molecule has 2 aromatic heterocycles. The number of rotatable bonds is 4. The second-order valence-corrected chi connectivity index (χ2v) is 5.82. The van der Waals surface area contributed by atoms with Crippen molar-refractivity contribution in [3.05, 3.63) is 48.3 Å². The molecule has 1 unspecified atom stereocenters. The van der Waals surface area contributed by atoms with Crippen LogP contribution in [0.15, 0.2) is 36.9 Å². The lowest BCUT2D eigenvalue weighted by atomic mass is 10.1. The van der Waals surface area contributed by atoms with Crippen LogP contribution >= 0.6 is 0 Å². The Morgan fingerprint density at radius 1 is 1.38 bits per heavy atom. The highest BCUT2D eigenvalue weighted by Gasteiger charge is 2.25. The average Bonchev–Trinajstić information content (AvgIpc) is 2.97. The fourth-order valence-corrected chi connectivity index (χ4v) is 2.96. The summed E-state index contributed by atoms with van der Waals surface area (Å²) < 4.78 is 2.25. The van der Waals surface area contributed by atoms with Gasteiger partial charge in [-0.25, -0.2) is 4.98 Å². The molecular formula is C16H23N5. The maximum absolute atomic E-state index is 4.54. The molecular weight excluding hydrogens is 262 g/mol. The van der Waals surface area contributed by atoms with Gasteiger partial charge in [0, 0.05) is 56.5 Å². The van der Waals surface area contributed by atoms with Gasteiger partial charge in [-0.1, -0.05) is 6.07 Å². The van der Waals surface area contributed by atoms with Gasteiger partial charge in [0.1, 0.15) is 5.82 Å². The summed E-state index contributed by atoms with van der Waals surface area (Å²) >= 11 is 0. The van der Waals surface area contributed by atoms with Crippen molar-refractivity contribution in [1.82, 2.24) is 24.8 Å². The summed E-state index contributed by atoms with van der Waals surface area (Å²) in [5.74, 6) is 1.14. The van der Waals surface area contributed by atoms with E-state index in [0.29, 0.717) is 12.1 Å². The Morgan fingerprint density at radius 3 is 3.05 bits per heavy atom. The van der Waals surface area contributed by atoms with Crippen molar-refractivity contribution < 1.29 is 0 Å². The molecule has 1 aliphatic rings. The normalized spacial score (nSPS) is 20.0. The highest BCUT2D eigenvalue weighted by molar-refractivity contribution is 5.15. The summed E-state index contributed by atoms with van der Waals surface area (Å²) in [5.41, 5.74) is 1.27. The topological polar surface area (TPSA) is 46.0 Å².